The van der Waals surface area contributed by atoms with E-state index in [0.717, 1.165) is 0 Å². The molecule has 1 heterocycles. The Labute approximate surface area is 125 Å². The van der Waals surface area contributed by atoms with Crippen molar-refractivity contribution in [1.82, 2.24) is 4.98 Å². The maximum absolute atomic E-state index is 3.53. The quantitative estimate of drug-likeness (QED) is 0.589. The van der Waals surface area contributed by atoms with Gasteiger partial charge in [-0.15, -0.1) is 0 Å². The second kappa shape index (κ2) is 6.59. The molecule has 3 rings (SSSR count). The molecular weight excluding hydrogens is 332 g/mol. The molecule has 17 heavy (non-hydrogen) atoms. The van der Waals surface area contributed by atoms with E-state index >= 15 is 0 Å². The van der Waals surface area contributed by atoms with Gasteiger partial charge in [-0.25, -0.2) is 0 Å². The molecule has 0 saturated heterocycles. The van der Waals surface area contributed by atoms with Crippen molar-refractivity contribution in [2.75, 3.05) is 0 Å². The van der Waals surface area contributed by atoms with Gasteiger partial charge >= 0.3 is 101 Å². The zero-order valence-electron chi connectivity index (χ0n) is 9.08. The number of nitrogens with one attached hydrogen (secondary N) is 1. The van der Waals surface area contributed by atoms with Crippen molar-refractivity contribution in [2.24, 2.45) is 0 Å². The number of hydrogen-bond donors (Lipinski definition) is 1. The molecule has 0 fully saturated rings. The first-order chi connectivity index (χ1) is 7.42. The Morgan fingerprint density at radius 2 is 1.94 bits per heavy atom. The summed E-state index contributed by atoms with van der Waals surface area (Å²) in [5.41, 5.74) is 1.28. The summed E-state index contributed by atoms with van der Waals surface area (Å²) >= 11 is -0.541. The Hall–Kier alpha value is -0.297. The van der Waals surface area contributed by atoms with Gasteiger partial charge in [0.2, 0.25) is 0 Å². The van der Waals surface area contributed by atoms with Crippen molar-refractivity contribution >= 4 is 14.3 Å². The van der Waals surface area contributed by atoms with Crippen LogP contribution in [0.2, 0.25) is 0 Å². The summed E-state index contributed by atoms with van der Waals surface area (Å²) in [4.78, 5) is 3.53. The molecule has 1 nitrogen and oxygen atoms in total. The van der Waals surface area contributed by atoms with E-state index in [9.17, 15) is 0 Å². The second-order valence-electron chi connectivity index (χ2n) is 3.72. The number of rotatable bonds is 2. The monoisotopic (exact) mass is 341 g/mol. The number of halogens is 2. The number of aromatic amines is 1. The number of allylic oxidation sites excluding steroid dienone is 4. The first kappa shape index (κ1) is 14.8. The van der Waals surface area contributed by atoms with Crippen LogP contribution in [0.4, 0.5) is 0 Å². The minimum Gasteiger partial charge on any atom is -1.00 e. The van der Waals surface area contributed by atoms with Crippen LogP contribution in [0.15, 0.2) is 51.8 Å². The largest absolute Gasteiger partial charge is 1.00 e. The molecule has 0 amide bonds. The van der Waals surface area contributed by atoms with Crippen LogP contribution in [0.25, 0.3) is 10.9 Å². The third kappa shape index (κ3) is 3.34. The van der Waals surface area contributed by atoms with Crippen LogP contribution in [0, 0.1) is 0 Å². The van der Waals surface area contributed by atoms with Gasteiger partial charge in [-0.3, -0.25) is 0 Å². The van der Waals surface area contributed by atoms with Crippen molar-refractivity contribution in [2.45, 2.75) is 6.42 Å². The van der Waals surface area contributed by atoms with Crippen molar-refractivity contribution < 1.29 is 48.0 Å². The van der Waals surface area contributed by atoms with Gasteiger partial charge in [0.1, 0.15) is 0 Å². The van der Waals surface area contributed by atoms with E-state index in [1.807, 2.05) is 0 Å². The fourth-order valence-corrected chi connectivity index (χ4v) is 4.73. The van der Waals surface area contributed by atoms with E-state index in [0.29, 0.717) is 0 Å². The van der Waals surface area contributed by atoms with Crippen molar-refractivity contribution in [3.05, 3.63) is 51.8 Å². The average molecular weight is 343 g/mol. The predicted octanol–water partition coefficient (Wildman–Crippen LogP) is -3.27. The number of fused-ring (bicyclic) bond motifs is 1. The summed E-state index contributed by atoms with van der Waals surface area (Å²) in [7, 11) is 0. The molecule has 0 atom stereocenters. The Morgan fingerprint density at radius 1 is 1.12 bits per heavy atom. The zero-order valence-corrected chi connectivity index (χ0v) is 13.1. The van der Waals surface area contributed by atoms with Crippen molar-refractivity contribution in [1.29, 1.82) is 0 Å². The first-order valence-electron chi connectivity index (χ1n) is 5.12. The van der Waals surface area contributed by atoms with Crippen LogP contribution >= 0.6 is 0 Å². The fraction of sp³-hybridized carbons (Fsp3) is 0.0769. The summed E-state index contributed by atoms with van der Waals surface area (Å²) < 4.78 is 3.14. The number of hydrogen-bond acceptors (Lipinski definition) is 0. The summed E-state index contributed by atoms with van der Waals surface area (Å²) in [6, 6.07) is 10.8. The summed E-state index contributed by atoms with van der Waals surface area (Å²) in [6.45, 7) is 0. The van der Waals surface area contributed by atoms with Crippen molar-refractivity contribution in [3.63, 3.8) is 0 Å². The summed E-state index contributed by atoms with van der Waals surface area (Å²) in [5.74, 6) is 0. The van der Waals surface area contributed by atoms with E-state index in [-0.39, 0.29) is 24.8 Å². The molecule has 0 unspecified atom stereocenters. The topological polar surface area (TPSA) is 15.8 Å². The molecular formula is C13H11Cl2NZr. The van der Waals surface area contributed by atoms with Crippen LogP contribution in [0.3, 0.4) is 0 Å². The van der Waals surface area contributed by atoms with E-state index in [1.54, 1.807) is 3.28 Å². The molecule has 0 saturated carbocycles. The van der Waals surface area contributed by atoms with Gasteiger partial charge in [0.05, 0.1) is 0 Å². The standard InChI is InChI=1S/C8H6N.C5H5.2ClH.Zr/c1-2-4-8-7(3-1)5-6-9-8;1-2-4-5-3-1;;;/h1-5,9H;1-3H,4H2;2*1H;/q;;;;+2/p-2. The van der Waals surface area contributed by atoms with Gasteiger partial charge in [-0.2, -0.15) is 0 Å². The van der Waals surface area contributed by atoms with Gasteiger partial charge < -0.3 is 24.8 Å². The molecule has 2 aromatic rings. The summed E-state index contributed by atoms with van der Waals surface area (Å²) in [5, 5.41) is 1.35. The SMILES string of the molecule is C1=CC[C]([Zr+2][c]2cc3ccccc3[nH]2)=C1.[Cl-].[Cl-]. The van der Waals surface area contributed by atoms with Gasteiger partial charge in [-0.05, 0) is 0 Å². The van der Waals surface area contributed by atoms with Gasteiger partial charge in [0, 0.05) is 0 Å². The first-order valence-corrected chi connectivity index (χ1v) is 7.58. The molecule has 0 bridgehead atoms. The molecule has 0 radical (unpaired) electrons. The second-order valence-corrected chi connectivity index (χ2v) is 7.24. The minimum absolute atomic E-state index is 0. The number of H-pyrrole nitrogens is 1. The Morgan fingerprint density at radius 3 is 2.65 bits per heavy atom. The number of para-hydroxylation sites is 1. The zero-order chi connectivity index (χ0) is 10.1. The maximum atomic E-state index is 3.53. The Kier molecular flexibility index (Phi) is 5.72. The van der Waals surface area contributed by atoms with Crippen LogP contribution in [-0.4, -0.2) is 4.98 Å². The molecule has 1 aromatic heterocycles. The maximum Gasteiger partial charge on any atom is -1.00 e. The average Bonchev–Trinajstić information content (AvgIpc) is 2.86. The molecule has 4 heteroatoms. The van der Waals surface area contributed by atoms with E-state index in [1.165, 1.54) is 20.7 Å². The van der Waals surface area contributed by atoms with Gasteiger partial charge in [0.15, 0.2) is 0 Å². The molecule has 1 aromatic carbocycles. The van der Waals surface area contributed by atoms with Crippen molar-refractivity contribution in [3.8, 4) is 0 Å². The predicted molar refractivity (Wildman–Crippen MR) is 59.8 cm³/mol. The normalized spacial score (nSPS) is 12.6. The van der Waals surface area contributed by atoms with E-state index in [2.05, 4.69) is 53.5 Å². The summed E-state index contributed by atoms with van der Waals surface area (Å²) in [6.07, 6.45) is 7.90. The van der Waals surface area contributed by atoms with Gasteiger partial charge in [0.25, 0.3) is 0 Å². The fourth-order valence-electron chi connectivity index (χ4n) is 1.85. The number of aromatic nitrogens is 1. The third-order valence-electron chi connectivity index (χ3n) is 2.60. The molecule has 1 aliphatic carbocycles. The Balaban J connectivity index is 0.000000722. The third-order valence-corrected chi connectivity index (χ3v) is 5.62. The minimum atomic E-state index is -0.541. The Bertz CT molecular complexity index is 524. The molecule has 0 aliphatic heterocycles. The molecule has 1 N–H and O–H groups in total. The molecule has 0 spiro atoms. The van der Waals surface area contributed by atoms with Crippen LogP contribution < -0.4 is 28.2 Å². The van der Waals surface area contributed by atoms with Crippen LogP contribution in [-0.2, 0) is 23.2 Å². The molecule has 86 valence electrons. The smallest absolute Gasteiger partial charge is 1.00 e. The van der Waals surface area contributed by atoms with Crippen LogP contribution in [0.1, 0.15) is 6.42 Å². The van der Waals surface area contributed by atoms with Gasteiger partial charge in [-0.1, -0.05) is 0 Å². The van der Waals surface area contributed by atoms with E-state index in [4.69, 9.17) is 0 Å². The molecule has 1 aliphatic rings. The van der Waals surface area contributed by atoms with E-state index < -0.39 is 23.2 Å². The van der Waals surface area contributed by atoms with Crippen LogP contribution in [0.5, 0.6) is 0 Å². The number of benzene rings is 1.